The average Bonchev–Trinajstić information content (AvgIpc) is 2.14. The van der Waals surface area contributed by atoms with Crippen LogP contribution in [0.3, 0.4) is 0 Å². The van der Waals surface area contributed by atoms with Gasteiger partial charge in [0.05, 0.1) is 12.0 Å². The Balaban J connectivity index is 2.84. The van der Waals surface area contributed by atoms with Gasteiger partial charge in [0.2, 0.25) is 0 Å². The summed E-state index contributed by atoms with van der Waals surface area (Å²) in [6, 6.07) is 6.44. The summed E-state index contributed by atoms with van der Waals surface area (Å²) < 4.78 is 32.3. The normalized spacial score (nSPS) is 12.1. The Bertz CT molecular complexity index is 420. The van der Waals surface area contributed by atoms with E-state index < -0.39 is 10.2 Å². The van der Waals surface area contributed by atoms with Crippen molar-refractivity contribution in [2.45, 2.75) is 6.61 Å². The zero-order chi connectivity index (χ0) is 10.6. The van der Waals surface area contributed by atoms with Crippen LogP contribution in [0.15, 0.2) is 29.7 Å². The van der Waals surface area contributed by atoms with Gasteiger partial charge in [-0.3, -0.25) is 0 Å². The molecule has 0 amide bonds. The third kappa shape index (κ3) is 3.68. The molecule has 1 rings (SSSR count). The second-order valence-corrected chi connectivity index (χ2v) is 3.90. The lowest BCUT2D eigenvalue weighted by Gasteiger charge is -1.95. The van der Waals surface area contributed by atoms with E-state index in [0.29, 0.717) is 16.5 Å². The topological polar surface area (TPSA) is 54.4 Å². The second kappa shape index (κ2) is 4.34. The first-order valence-electron chi connectivity index (χ1n) is 3.84. The second-order valence-electron chi connectivity index (χ2n) is 2.68. The Morgan fingerprint density at radius 1 is 1.29 bits per heavy atom. The molecule has 0 aromatic heterocycles. The quantitative estimate of drug-likeness (QED) is 0.778. The number of halogens is 1. The Morgan fingerprint density at radius 2 is 1.86 bits per heavy atom. The average molecular weight is 216 g/mol. The molecular formula is C9H9FO3S. The summed E-state index contributed by atoms with van der Waals surface area (Å²) in [6.45, 7) is -0.0780. The molecule has 0 saturated carbocycles. The van der Waals surface area contributed by atoms with Gasteiger partial charge in [-0.15, -0.1) is 3.89 Å². The molecule has 0 radical (unpaired) electrons. The monoisotopic (exact) mass is 216 g/mol. The zero-order valence-corrected chi connectivity index (χ0v) is 8.04. The van der Waals surface area contributed by atoms with E-state index in [-0.39, 0.29) is 6.61 Å². The smallest absolute Gasteiger partial charge is 0.325 e. The van der Waals surface area contributed by atoms with Crippen molar-refractivity contribution in [3.63, 3.8) is 0 Å². The maximum absolute atomic E-state index is 12.1. The van der Waals surface area contributed by atoms with Crippen molar-refractivity contribution in [1.82, 2.24) is 0 Å². The van der Waals surface area contributed by atoms with Crippen LogP contribution in [0.4, 0.5) is 3.89 Å². The van der Waals surface area contributed by atoms with E-state index in [1.165, 1.54) is 0 Å². The molecule has 1 aromatic rings. The predicted molar refractivity (Wildman–Crippen MR) is 51.4 cm³/mol. The van der Waals surface area contributed by atoms with E-state index in [9.17, 15) is 12.3 Å². The molecule has 0 fully saturated rings. The van der Waals surface area contributed by atoms with Gasteiger partial charge < -0.3 is 5.11 Å². The molecule has 76 valence electrons. The van der Waals surface area contributed by atoms with Crippen LogP contribution >= 0.6 is 0 Å². The van der Waals surface area contributed by atoms with Crippen molar-refractivity contribution in [1.29, 1.82) is 0 Å². The lowest BCUT2D eigenvalue weighted by atomic mass is 10.1. The van der Waals surface area contributed by atoms with Crippen LogP contribution in [0.5, 0.6) is 0 Å². The van der Waals surface area contributed by atoms with Gasteiger partial charge in [0.1, 0.15) is 0 Å². The van der Waals surface area contributed by atoms with Gasteiger partial charge in [0.15, 0.2) is 0 Å². The van der Waals surface area contributed by atoms with E-state index in [4.69, 9.17) is 5.11 Å². The minimum Gasteiger partial charge on any atom is -0.392 e. The largest absolute Gasteiger partial charge is 0.392 e. The van der Waals surface area contributed by atoms with E-state index in [1.54, 1.807) is 24.3 Å². The first kappa shape index (κ1) is 10.9. The standard InChI is InChI=1S/C9H9FO3S/c10-14(12,13)6-5-8-1-3-9(7-11)4-2-8/h1-6,11H,7H2/b6-5+. The summed E-state index contributed by atoms with van der Waals surface area (Å²) in [4.78, 5) is 0. The number of aliphatic hydroxyl groups excluding tert-OH is 1. The Kier molecular flexibility index (Phi) is 3.38. The van der Waals surface area contributed by atoms with E-state index in [2.05, 4.69) is 0 Å². The van der Waals surface area contributed by atoms with Crippen LogP contribution in [-0.4, -0.2) is 13.5 Å². The summed E-state index contributed by atoms with van der Waals surface area (Å²) >= 11 is 0. The van der Waals surface area contributed by atoms with Gasteiger partial charge in [0.25, 0.3) is 0 Å². The van der Waals surface area contributed by atoms with E-state index >= 15 is 0 Å². The van der Waals surface area contributed by atoms with E-state index in [1.807, 2.05) is 0 Å². The molecule has 0 atom stereocenters. The lowest BCUT2D eigenvalue weighted by molar-refractivity contribution is 0.282. The summed E-state index contributed by atoms with van der Waals surface area (Å²) in [6.07, 6.45) is 1.15. The molecule has 1 aromatic carbocycles. The highest BCUT2D eigenvalue weighted by atomic mass is 32.3. The van der Waals surface area contributed by atoms with Crippen LogP contribution in [-0.2, 0) is 16.8 Å². The van der Waals surface area contributed by atoms with Crippen LogP contribution in [0.2, 0.25) is 0 Å². The van der Waals surface area contributed by atoms with Gasteiger partial charge >= 0.3 is 10.2 Å². The van der Waals surface area contributed by atoms with Gasteiger partial charge in [-0.2, -0.15) is 8.42 Å². The minimum absolute atomic E-state index is 0.0780. The maximum atomic E-state index is 12.1. The van der Waals surface area contributed by atoms with Gasteiger partial charge in [-0.1, -0.05) is 24.3 Å². The van der Waals surface area contributed by atoms with Gasteiger partial charge in [0, 0.05) is 0 Å². The molecule has 0 heterocycles. The summed E-state index contributed by atoms with van der Waals surface area (Å²) in [5.41, 5.74) is 1.27. The molecule has 0 aliphatic carbocycles. The van der Waals surface area contributed by atoms with Crippen LogP contribution in [0, 0.1) is 0 Å². The summed E-state index contributed by atoms with van der Waals surface area (Å²) in [7, 11) is -4.57. The Morgan fingerprint density at radius 3 is 2.29 bits per heavy atom. The fraction of sp³-hybridized carbons (Fsp3) is 0.111. The highest BCUT2D eigenvalue weighted by molar-refractivity contribution is 7.89. The fourth-order valence-electron chi connectivity index (χ4n) is 0.894. The number of hydrogen-bond acceptors (Lipinski definition) is 3. The Hall–Kier alpha value is -1.20. The molecule has 0 saturated heterocycles. The van der Waals surface area contributed by atoms with Gasteiger partial charge in [-0.25, -0.2) is 0 Å². The number of hydrogen-bond donors (Lipinski definition) is 1. The lowest BCUT2D eigenvalue weighted by Crippen LogP contribution is -1.83. The van der Waals surface area contributed by atoms with Crippen molar-refractivity contribution >= 4 is 16.3 Å². The molecular weight excluding hydrogens is 207 g/mol. The third-order valence-electron chi connectivity index (χ3n) is 1.59. The number of rotatable bonds is 3. The highest BCUT2D eigenvalue weighted by Crippen LogP contribution is 2.07. The van der Waals surface area contributed by atoms with Crippen molar-refractivity contribution in [3.05, 3.63) is 40.8 Å². The molecule has 1 N–H and O–H groups in total. The minimum atomic E-state index is -4.57. The molecule has 0 aliphatic heterocycles. The van der Waals surface area contributed by atoms with Crippen molar-refractivity contribution in [2.24, 2.45) is 0 Å². The maximum Gasteiger partial charge on any atom is 0.325 e. The molecule has 14 heavy (non-hydrogen) atoms. The molecule has 0 bridgehead atoms. The predicted octanol–water partition coefficient (Wildman–Crippen LogP) is 1.45. The molecule has 0 unspecified atom stereocenters. The molecule has 5 heteroatoms. The molecule has 0 aliphatic rings. The first-order chi connectivity index (χ1) is 6.51. The summed E-state index contributed by atoms with van der Waals surface area (Å²) in [5, 5.41) is 9.20. The zero-order valence-electron chi connectivity index (χ0n) is 7.22. The number of benzene rings is 1. The van der Waals surface area contributed by atoms with Crippen molar-refractivity contribution in [3.8, 4) is 0 Å². The highest BCUT2D eigenvalue weighted by Gasteiger charge is 1.98. The van der Waals surface area contributed by atoms with Crippen LogP contribution in [0.1, 0.15) is 11.1 Å². The molecule has 3 nitrogen and oxygen atoms in total. The van der Waals surface area contributed by atoms with Gasteiger partial charge in [-0.05, 0) is 17.2 Å². The third-order valence-corrected chi connectivity index (χ3v) is 2.05. The SMILES string of the molecule is O=S(=O)(F)/C=C/c1ccc(CO)cc1. The Labute approximate surface area is 81.7 Å². The van der Waals surface area contributed by atoms with E-state index in [0.717, 1.165) is 6.08 Å². The van der Waals surface area contributed by atoms with Crippen LogP contribution in [0.25, 0.3) is 6.08 Å². The van der Waals surface area contributed by atoms with Crippen molar-refractivity contribution in [2.75, 3.05) is 0 Å². The van der Waals surface area contributed by atoms with Crippen LogP contribution < -0.4 is 0 Å². The molecule has 0 spiro atoms. The fourth-order valence-corrected chi connectivity index (χ4v) is 1.21. The number of aliphatic hydroxyl groups is 1. The van der Waals surface area contributed by atoms with Crippen molar-refractivity contribution < 1.29 is 17.4 Å². The first-order valence-corrected chi connectivity index (χ1v) is 5.28. The summed E-state index contributed by atoms with van der Waals surface area (Å²) in [5.74, 6) is 0.